The molecule has 0 saturated heterocycles. The third-order valence-electron chi connectivity index (χ3n) is 4.33. The Morgan fingerprint density at radius 2 is 1.05 bits per heavy atom. The highest BCUT2D eigenvalue weighted by Crippen LogP contribution is 2.20. The second-order valence-corrected chi connectivity index (χ2v) is 6.57. The van der Waals surface area contributed by atoms with Crippen LogP contribution in [0.1, 0.15) is 111 Å². The average Bonchev–Trinajstić information content (AvgIpc) is 2.47. The van der Waals surface area contributed by atoms with Gasteiger partial charge in [-0.3, -0.25) is 0 Å². The van der Waals surface area contributed by atoms with E-state index in [9.17, 15) is 0 Å². The second kappa shape index (κ2) is 14.5. The number of hydrogen-bond donors (Lipinski definition) is 1. The summed E-state index contributed by atoms with van der Waals surface area (Å²) in [5.41, 5.74) is 6.30. The van der Waals surface area contributed by atoms with Gasteiger partial charge in [0.05, 0.1) is 5.54 Å². The molecule has 21 heavy (non-hydrogen) atoms. The molecule has 0 aliphatic rings. The molecule has 0 bridgehead atoms. The van der Waals surface area contributed by atoms with Crippen molar-refractivity contribution in [3.63, 3.8) is 0 Å². The van der Waals surface area contributed by atoms with E-state index in [4.69, 9.17) is 5.73 Å². The average molecular weight is 294 g/mol. The highest BCUT2D eigenvalue weighted by atomic mass is 14.7. The van der Waals surface area contributed by atoms with E-state index in [1.807, 2.05) is 6.92 Å². The first-order chi connectivity index (χ1) is 10.2. The van der Waals surface area contributed by atoms with Crippen LogP contribution < -0.4 is 5.73 Å². The van der Waals surface area contributed by atoms with Gasteiger partial charge in [-0.2, -0.15) is 0 Å². The zero-order chi connectivity index (χ0) is 15.8. The molecule has 0 aliphatic heterocycles. The predicted octanol–water partition coefficient (Wildman–Crippen LogP) is 6.21. The van der Waals surface area contributed by atoms with Crippen LogP contribution >= 0.6 is 0 Å². The smallest absolute Gasteiger partial charge is 0.0775 e. The van der Waals surface area contributed by atoms with Crippen LogP contribution in [0.15, 0.2) is 0 Å². The molecule has 0 fully saturated rings. The first kappa shape index (κ1) is 20.5. The zero-order valence-electron chi connectivity index (χ0n) is 15.0. The topological polar surface area (TPSA) is 26.0 Å². The van der Waals surface area contributed by atoms with Crippen LogP contribution in [0.5, 0.6) is 0 Å². The molecule has 0 heterocycles. The monoisotopic (exact) mass is 293 g/mol. The van der Waals surface area contributed by atoms with Crippen molar-refractivity contribution < 1.29 is 0 Å². The molecule has 0 aromatic carbocycles. The molecule has 0 unspecified atom stereocenters. The van der Waals surface area contributed by atoms with E-state index in [0.717, 1.165) is 12.8 Å². The number of unbranched alkanes of at least 4 members (excludes halogenated alkanes) is 10. The van der Waals surface area contributed by atoms with Crippen LogP contribution in [0.2, 0.25) is 0 Å². The lowest BCUT2D eigenvalue weighted by Gasteiger charge is -2.23. The third-order valence-corrected chi connectivity index (χ3v) is 4.33. The second-order valence-electron chi connectivity index (χ2n) is 6.57. The summed E-state index contributed by atoms with van der Waals surface area (Å²) < 4.78 is 0. The van der Waals surface area contributed by atoms with Gasteiger partial charge in [0.25, 0.3) is 0 Å². The Labute approximate surface area is 134 Å². The van der Waals surface area contributed by atoms with Crippen molar-refractivity contribution in [2.45, 2.75) is 116 Å². The molecule has 0 aliphatic carbocycles. The third kappa shape index (κ3) is 12.9. The van der Waals surface area contributed by atoms with Crippen LogP contribution in [0.25, 0.3) is 0 Å². The van der Waals surface area contributed by atoms with Crippen molar-refractivity contribution >= 4 is 0 Å². The fourth-order valence-corrected chi connectivity index (χ4v) is 2.94. The number of hydrogen-bond acceptors (Lipinski definition) is 1. The summed E-state index contributed by atoms with van der Waals surface area (Å²) in [4.78, 5) is 0. The standard InChI is InChI=1S/C20H39N/c1-4-7-9-11-13-15-18-20(21,17-6-3)19-16-14-12-10-8-5-2/h4-5,7-16,18-19,21H2,1-3H3. The molecule has 2 N–H and O–H groups in total. The Balaban J connectivity index is 3.81. The van der Waals surface area contributed by atoms with Crippen LogP contribution in [0.4, 0.5) is 0 Å². The lowest BCUT2D eigenvalue weighted by molar-refractivity contribution is 0.415. The Morgan fingerprint density at radius 3 is 1.43 bits per heavy atom. The van der Waals surface area contributed by atoms with Gasteiger partial charge in [0.1, 0.15) is 0 Å². The molecule has 0 amide bonds. The fourth-order valence-electron chi connectivity index (χ4n) is 2.94. The van der Waals surface area contributed by atoms with Crippen LogP contribution in [0.3, 0.4) is 0 Å². The molecular formula is C20H39N. The molecule has 0 saturated carbocycles. The molecule has 0 rings (SSSR count). The molecule has 0 radical (unpaired) electrons. The lowest BCUT2D eigenvalue weighted by atomic mass is 9.87. The van der Waals surface area contributed by atoms with Gasteiger partial charge < -0.3 is 5.73 Å². The van der Waals surface area contributed by atoms with Crippen LogP contribution in [-0.4, -0.2) is 5.54 Å². The van der Waals surface area contributed by atoms with E-state index in [2.05, 4.69) is 25.7 Å². The minimum atomic E-state index is -0.218. The summed E-state index contributed by atoms with van der Waals surface area (Å²) in [7, 11) is 0. The van der Waals surface area contributed by atoms with Crippen molar-refractivity contribution in [1.82, 2.24) is 0 Å². The van der Waals surface area contributed by atoms with E-state index >= 15 is 0 Å². The van der Waals surface area contributed by atoms with E-state index in [1.165, 1.54) is 77.0 Å². The molecule has 0 spiro atoms. The SMILES string of the molecule is CC#CC(N)(CCCCCCCC)CCCCCCCC. The summed E-state index contributed by atoms with van der Waals surface area (Å²) in [6.45, 7) is 6.45. The molecular weight excluding hydrogens is 254 g/mol. The summed E-state index contributed by atoms with van der Waals surface area (Å²) in [6.07, 6.45) is 18.2. The van der Waals surface area contributed by atoms with Gasteiger partial charge in [-0.05, 0) is 19.8 Å². The zero-order valence-corrected chi connectivity index (χ0v) is 15.0. The molecule has 1 nitrogen and oxygen atoms in total. The first-order valence-electron chi connectivity index (χ1n) is 9.41. The fraction of sp³-hybridized carbons (Fsp3) is 0.900. The number of nitrogens with two attached hydrogens (primary N) is 1. The Bertz CT molecular complexity index is 255. The van der Waals surface area contributed by atoms with Crippen LogP contribution in [-0.2, 0) is 0 Å². The van der Waals surface area contributed by atoms with Gasteiger partial charge >= 0.3 is 0 Å². The maximum Gasteiger partial charge on any atom is 0.0775 e. The van der Waals surface area contributed by atoms with Crippen molar-refractivity contribution in [2.75, 3.05) is 0 Å². The van der Waals surface area contributed by atoms with E-state index in [1.54, 1.807) is 0 Å². The summed E-state index contributed by atoms with van der Waals surface area (Å²) in [5, 5.41) is 0. The van der Waals surface area contributed by atoms with E-state index in [-0.39, 0.29) is 5.54 Å². The highest BCUT2D eigenvalue weighted by molar-refractivity contribution is 5.15. The summed E-state index contributed by atoms with van der Waals surface area (Å²) in [6, 6.07) is 0. The van der Waals surface area contributed by atoms with E-state index in [0.29, 0.717) is 0 Å². The Hall–Kier alpha value is -0.480. The van der Waals surface area contributed by atoms with Gasteiger partial charge in [0.2, 0.25) is 0 Å². The van der Waals surface area contributed by atoms with Gasteiger partial charge in [-0.25, -0.2) is 0 Å². The molecule has 1 heteroatoms. The van der Waals surface area contributed by atoms with Crippen molar-refractivity contribution in [2.24, 2.45) is 5.73 Å². The highest BCUT2D eigenvalue weighted by Gasteiger charge is 2.20. The van der Waals surface area contributed by atoms with Gasteiger partial charge in [-0.15, -0.1) is 5.92 Å². The molecule has 0 atom stereocenters. The Morgan fingerprint density at radius 1 is 0.667 bits per heavy atom. The van der Waals surface area contributed by atoms with Gasteiger partial charge in [0.15, 0.2) is 0 Å². The largest absolute Gasteiger partial charge is 0.315 e. The van der Waals surface area contributed by atoms with Crippen molar-refractivity contribution in [3.8, 4) is 11.8 Å². The normalized spacial score (nSPS) is 11.2. The van der Waals surface area contributed by atoms with Gasteiger partial charge in [0, 0.05) is 0 Å². The molecule has 0 aromatic rings. The molecule has 0 aromatic heterocycles. The van der Waals surface area contributed by atoms with Gasteiger partial charge in [-0.1, -0.05) is 96.8 Å². The maximum absolute atomic E-state index is 6.52. The minimum Gasteiger partial charge on any atom is -0.315 e. The lowest BCUT2D eigenvalue weighted by Crippen LogP contribution is -2.38. The Kier molecular flexibility index (Phi) is 14.1. The van der Waals surface area contributed by atoms with E-state index < -0.39 is 0 Å². The van der Waals surface area contributed by atoms with Crippen LogP contribution in [0, 0.1) is 11.8 Å². The quantitative estimate of drug-likeness (QED) is 0.299. The molecule has 124 valence electrons. The predicted molar refractivity (Wildman–Crippen MR) is 96.4 cm³/mol. The van der Waals surface area contributed by atoms with Crippen molar-refractivity contribution in [1.29, 1.82) is 0 Å². The minimum absolute atomic E-state index is 0.218. The number of rotatable bonds is 14. The maximum atomic E-state index is 6.52. The summed E-state index contributed by atoms with van der Waals surface area (Å²) >= 11 is 0. The first-order valence-corrected chi connectivity index (χ1v) is 9.41. The van der Waals surface area contributed by atoms with Crippen molar-refractivity contribution in [3.05, 3.63) is 0 Å². The summed E-state index contributed by atoms with van der Waals surface area (Å²) in [5.74, 6) is 6.35.